The van der Waals surface area contributed by atoms with E-state index in [9.17, 15) is 4.79 Å². The van der Waals surface area contributed by atoms with Crippen molar-refractivity contribution in [1.82, 2.24) is 19.7 Å². The third kappa shape index (κ3) is 2.47. The first-order chi connectivity index (χ1) is 9.65. The maximum absolute atomic E-state index is 12.5. The molecule has 0 saturated carbocycles. The van der Waals surface area contributed by atoms with E-state index in [1.54, 1.807) is 5.51 Å². The SMILES string of the molecule is Cc1ncsc1C(=O)N1CCCC(c2cnn(C)c2)C1. The number of nitrogens with zero attached hydrogens (tertiary/aromatic N) is 4. The first-order valence-corrected chi connectivity index (χ1v) is 7.71. The molecule has 106 valence electrons. The molecule has 3 heterocycles. The van der Waals surface area contributed by atoms with E-state index in [-0.39, 0.29) is 5.91 Å². The lowest BCUT2D eigenvalue weighted by Crippen LogP contribution is -2.39. The van der Waals surface area contributed by atoms with Gasteiger partial charge in [0.1, 0.15) is 4.88 Å². The number of hydrogen-bond acceptors (Lipinski definition) is 4. The van der Waals surface area contributed by atoms with Gasteiger partial charge in [-0.1, -0.05) is 0 Å². The van der Waals surface area contributed by atoms with Crippen LogP contribution in [0, 0.1) is 6.92 Å². The summed E-state index contributed by atoms with van der Waals surface area (Å²) in [5.74, 6) is 0.521. The molecule has 0 N–H and O–H groups in total. The van der Waals surface area contributed by atoms with Crippen molar-refractivity contribution in [2.75, 3.05) is 13.1 Å². The quantitative estimate of drug-likeness (QED) is 0.852. The predicted octanol–water partition coefficient (Wildman–Crippen LogP) is 2.20. The molecule has 1 saturated heterocycles. The average Bonchev–Trinajstić information content (AvgIpc) is 3.07. The van der Waals surface area contributed by atoms with Gasteiger partial charge in [-0.05, 0) is 25.3 Å². The van der Waals surface area contributed by atoms with Crippen LogP contribution in [-0.4, -0.2) is 38.7 Å². The van der Waals surface area contributed by atoms with Crippen LogP contribution in [0.4, 0.5) is 0 Å². The van der Waals surface area contributed by atoms with Gasteiger partial charge in [0.25, 0.3) is 5.91 Å². The average molecular weight is 290 g/mol. The Hall–Kier alpha value is -1.69. The summed E-state index contributed by atoms with van der Waals surface area (Å²) in [5, 5.41) is 4.23. The van der Waals surface area contributed by atoms with Crippen LogP contribution in [0.15, 0.2) is 17.9 Å². The molecule has 2 aromatic rings. The minimum Gasteiger partial charge on any atom is -0.337 e. The molecule has 1 amide bonds. The summed E-state index contributed by atoms with van der Waals surface area (Å²) in [7, 11) is 1.93. The number of piperidine rings is 1. The van der Waals surface area contributed by atoms with E-state index in [1.807, 2.05) is 29.7 Å². The Kier molecular flexibility index (Phi) is 3.56. The van der Waals surface area contributed by atoms with Crippen LogP contribution < -0.4 is 0 Å². The van der Waals surface area contributed by atoms with E-state index in [2.05, 4.69) is 16.3 Å². The molecule has 6 heteroatoms. The van der Waals surface area contributed by atoms with Gasteiger partial charge in [0.15, 0.2) is 0 Å². The van der Waals surface area contributed by atoms with Crippen LogP contribution in [0.2, 0.25) is 0 Å². The second-order valence-corrected chi connectivity index (χ2v) is 6.16. The Morgan fingerprint density at radius 2 is 2.35 bits per heavy atom. The number of thiazole rings is 1. The summed E-state index contributed by atoms with van der Waals surface area (Å²) in [6, 6.07) is 0. The monoisotopic (exact) mass is 290 g/mol. The molecule has 1 atom stereocenters. The maximum atomic E-state index is 12.5. The molecule has 3 rings (SSSR count). The molecule has 2 aromatic heterocycles. The van der Waals surface area contributed by atoms with Gasteiger partial charge in [-0.25, -0.2) is 4.98 Å². The number of hydrogen-bond donors (Lipinski definition) is 0. The smallest absolute Gasteiger partial charge is 0.265 e. The van der Waals surface area contributed by atoms with Gasteiger partial charge < -0.3 is 4.90 Å². The number of aromatic nitrogens is 3. The largest absolute Gasteiger partial charge is 0.337 e. The molecule has 1 aliphatic heterocycles. The summed E-state index contributed by atoms with van der Waals surface area (Å²) in [6.07, 6.45) is 6.13. The standard InChI is InChI=1S/C14H18N4OS/c1-10-13(20-9-15-10)14(19)18-5-3-4-11(8-18)12-6-16-17(2)7-12/h6-7,9,11H,3-5,8H2,1-2H3. The van der Waals surface area contributed by atoms with Gasteiger partial charge in [-0.2, -0.15) is 5.10 Å². The number of aryl methyl sites for hydroxylation is 2. The molecule has 0 aliphatic carbocycles. The lowest BCUT2D eigenvalue weighted by atomic mass is 9.92. The lowest BCUT2D eigenvalue weighted by Gasteiger charge is -2.32. The van der Waals surface area contributed by atoms with Crippen molar-refractivity contribution in [3.05, 3.63) is 34.0 Å². The number of carbonyl (C=O) groups is 1. The highest BCUT2D eigenvalue weighted by atomic mass is 32.1. The van der Waals surface area contributed by atoms with Gasteiger partial charge in [0.05, 0.1) is 17.4 Å². The summed E-state index contributed by atoms with van der Waals surface area (Å²) < 4.78 is 1.82. The minimum atomic E-state index is 0.124. The Bertz CT molecular complexity index is 618. The van der Waals surface area contributed by atoms with Crippen LogP contribution in [-0.2, 0) is 7.05 Å². The Labute approximate surface area is 122 Å². The van der Waals surface area contributed by atoms with Crippen LogP contribution in [0.5, 0.6) is 0 Å². The topological polar surface area (TPSA) is 51.0 Å². The summed E-state index contributed by atoms with van der Waals surface area (Å²) in [6.45, 7) is 3.51. The van der Waals surface area contributed by atoms with Crippen molar-refractivity contribution in [3.8, 4) is 0 Å². The molecule has 1 unspecified atom stereocenters. The molecule has 5 nitrogen and oxygen atoms in total. The predicted molar refractivity (Wildman–Crippen MR) is 77.9 cm³/mol. The minimum absolute atomic E-state index is 0.124. The molecule has 0 spiro atoms. The summed E-state index contributed by atoms with van der Waals surface area (Å²) in [4.78, 5) is 19.4. The Morgan fingerprint density at radius 3 is 3.00 bits per heavy atom. The zero-order valence-corrected chi connectivity index (χ0v) is 12.6. The van der Waals surface area contributed by atoms with Crippen LogP contribution in [0.25, 0.3) is 0 Å². The van der Waals surface area contributed by atoms with Crippen LogP contribution >= 0.6 is 11.3 Å². The number of likely N-dealkylation sites (tertiary alicyclic amines) is 1. The van der Waals surface area contributed by atoms with Crippen molar-refractivity contribution >= 4 is 17.2 Å². The van der Waals surface area contributed by atoms with Gasteiger partial charge in [-0.3, -0.25) is 9.48 Å². The molecular weight excluding hydrogens is 272 g/mol. The van der Waals surface area contributed by atoms with Crippen molar-refractivity contribution in [2.45, 2.75) is 25.7 Å². The van der Waals surface area contributed by atoms with Crippen molar-refractivity contribution in [2.24, 2.45) is 7.05 Å². The highest BCUT2D eigenvalue weighted by Crippen LogP contribution is 2.28. The van der Waals surface area contributed by atoms with E-state index in [0.29, 0.717) is 5.92 Å². The number of amides is 1. The number of carbonyl (C=O) groups excluding carboxylic acids is 1. The van der Waals surface area contributed by atoms with E-state index < -0.39 is 0 Å². The van der Waals surface area contributed by atoms with E-state index in [1.165, 1.54) is 16.9 Å². The summed E-state index contributed by atoms with van der Waals surface area (Å²) >= 11 is 1.43. The third-order valence-electron chi connectivity index (χ3n) is 3.84. The normalized spacial score (nSPS) is 19.3. The lowest BCUT2D eigenvalue weighted by molar-refractivity contribution is 0.0711. The molecular formula is C14H18N4OS. The fourth-order valence-electron chi connectivity index (χ4n) is 2.74. The first-order valence-electron chi connectivity index (χ1n) is 6.83. The van der Waals surface area contributed by atoms with E-state index >= 15 is 0 Å². The third-order valence-corrected chi connectivity index (χ3v) is 4.76. The number of rotatable bonds is 2. The zero-order valence-electron chi connectivity index (χ0n) is 11.7. The fraction of sp³-hybridized carbons (Fsp3) is 0.500. The first kappa shape index (κ1) is 13.3. The molecule has 0 aromatic carbocycles. The summed E-state index contributed by atoms with van der Waals surface area (Å²) in [5.41, 5.74) is 3.81. The highest BCUT2D eigenvalue weighted by molar-refractivity contribution is 7.11. The van der Waals surface area contributed by atoms with Gasteiger partial charge in [0, 0.05) is 32.3 Å². The van der Waals surface area contributed by atoms with Crippen molar-refractivity contribution in [3.63, 3.8) is 0 Å². The zero-order chi connectivity index (χ0) is 14.1. The second kappa shape index (κ2) is 5.36. The van der Waals surface area contributed by atoms with Crippen LogP contribution in [0.1, 0.15) is 39.7 Å². The molecule has 0 radical (unpaired) electrons. The van der Waals surface area contributed by atoms with E-state index in [4.69, 9.17) is 0 Å². The van der Waals surface area contributed by atoms with Crippen LogP contribution in [0.3, 0.4) is 0 Å². The maximum Gasteiger partial charge on any atom is 0.265 e. The molecule has 1 fully saturated rings. The van der Waals surface area contributed by atoms with Gasteiger partial charge >= 0.3 is 0 Å². The van der Waals surface area contributed by atoms with Gasteiger partial charge in [-0.15, -0.1) is 11.3 Å². The van der Waals surface area contributed by atoms with Gasteiger partial charge in [0.2, 0.25) is 0 Å². The Balaban J connectivity index is 1.75. The van der Waals surface area contributed by atoms with Crippen molar-refractivity contribution in [1.29, 1.82) is 0 Å². The van der Waals surface area contributed by atoms with Crippen molar-refractivity contribution < 1.29 is 4.79 Å². The second-order valence-electron chi connectivity index (χ2n) is 5.30. The molecule has 0 bridgehead atoms. The van der Waals surface area contributed by atoms with E-state index in [0.717, 1.165) is 36.5 Å². The molecule has 20 heavy (non-hydrogen) atoms. The highest BCUT2D eigenvalue weighted by Gasteiger charge is 2.27. The fourth-order valence-corrected chi connectivity index (χ4v) is 3.50. The Morgan fingerprint density at radius 1 is 1.50 bits per heavy atom. The molecule has 1 aliphatic rings.